The van der Waals surface area contributed by atoms with E-state index in [1.165, 1.54) is 6.42 Å². The zero-order valence-electron chi connectivity index (χ0n) is 14.7. The number of amides is 1. The third-order valence-electron chi connectivity index (χ3n) is 5.05. The molecule has 2 aliphatic rings. The molecule has 3 rings (SSSR count). The van der Waals surface area contributed by atoms with Crippen LogP contribution in [0.5, 0.6) is 5.75 Å². The van der Waals surface area contributed by atoms with Crippen molar-refractivity contribution in [2.75, 3.05) is 32.8 Å². The van der Waals surface area contributed by atoms with Crippen molar-refractivity contribution < 1.29 is 9.53 Å². The molecule has 2 fully saturated rings. The van der Waals surface area contributed by atoms with Crippen LogP contribution in [0, 0.1) is 0 Å². The summed E-state index contributed by atoms with van der Waals surface area (Å²) in [7, 11) is 0. The number of carbonyl (C=O) groups excluding carboxylic acids is 1. The number of piperidine rings is 2. The Morgan fingerprint density at radius 2 is 1.96 bits per heavy atom. The maximum Gasteiger partial charge on any atom is 0.237 e. The van der Waals surface area contributed by atoms with Gasteiger partial charge in [0.1, 0.15) is 12.4 Å². The second-order valence-corrected chi connectivity index (χ2v) is 7.37. The first-order chi connectivity index (χ1) is 12.2. The second kappa shape index (κ2) is 9.41. The highest BCUT2D eigenvalue weighted by Gasteiger charge is 2.25. The van der Waals surface area contributed by atoms with E-state index in [1.54, 1.807) is 0 Å². The molecule has 2 heterocycles. The second-order valence-electron chi connectivity index (χ2n) is 6.93. The maximum atomic E-state index is 12.3. The van der Waals surface area contributed by atoms with Crippen molar-refractivity contribution in [1.82, 2.24) is 15.5 Å². The fraction of sp³-hybridized carbons (Fsp3) is 0.632. The summed E-state index contributed by atoms with van der Waals surface area (Å²) in [5, 5.41) is 7.26. The van der Waals surface area contributed by atoms with Crippen molar-refractivity contribution in [3.8, 4) is 5.75 Å². The molecule has 2 N–H and O–H groups in total. The Morgan fingerprint density at radius 3 is 2.64 bits per heavy atom. The van der Waals surface area contributed by atoms with Gasteiger partial charge in [0.05, 0.1) is 6.04 Å². The number of halogens is 1. The normalized spacial score (nSPS) is 22.5. The molecule has 5 nitrogen and oxygen atoms in total. The van der Waals surface area contributed by atoms with E-state index in [2.05, 4.69) is 15.5 Å². The van der Waals surface area contributed by atoms with E-state index >= 15 is 0 Å². The molecule has 2 aliphatic heterocycles. The van der Waals surface area contributed by atoms with Crippen LogP contribution in [0.15, 0.2) is 24.3 Å². The van der Waals surface area contributed by atoms with E-state index in [1.807, 2.05) is 24.3 Å². The molecule has 1 amide bonds. The first kappa shape index (κ1) is 18.5. The van der Waals surface area contributed by atoms with E-state index in [4.69, 9.17) is 16.3 Å². The Balaban J connectivity index is 1.31. The number of nitrogens with zero attached hydrogens (tertiary/aromatic N) is 1. The van der Waals surface area contributed by atoms with E-state index in [0.29, 0.717) is 12.6 Å². The van der Waals surface area contributed by atoms with Crippen LogP contribution >= 0.6 is 11.6 Å². The lowest BCUT2D eigenvalue weighted by atomic mass is 10.0. The average Bonchev–Trinajstić information content (AvgIpc) is 2.65. The Kier molecular flexibility index (Phi) is 6.96. The van der Waals surface area contributed by atoms with Gasteiger partial charge in [-0.2, -0.15) is 0 Å². The fourth-order valence-corrected chi connectivity index (χ4v) is 3.63. The quantitative estimate of drug-likeness (QED) is 0.813. The summed E-state index contributed by atoms with van der Waals surface area (Å²) < 4.78 is 5.76. The van der Waals surface area contributed by atoms with Gasteiger partial charge < -0.3 is 15.4 Å². The van der Waals surface area contributed by atoms with Crippen molar-refractivity contribution in [2.45, 2.75) is 44.2 Å². The average molecular weight is 366 g/mol. The van der Waals surface area contributed by atoms with Crippen molar-refractivity contribution in [3.63, 3.8) is 0 Å². The summed E-state index contributed by atoms with van der Waals surface area (Å²) >= 11 is 5.87. The molecule has 138 valence electrons. The van der Waals surface area contributed by atoms with Crippen LogP contribution < -0.4 is 15.4 Å². The molecular formula is C19H28ClN3O2. The minimum atomic E-state index is 0.0135. The first-order valence-electron chi connectivity index (χ1n) is 9.35. The molecule has 0 saturated carbocycles. The number of benzene rings is 1. The molecule has 0 unspecified atom stereocenters. The predicted molar refractivity (Wildman–Crippen MR) is 100 cm³/mol. The zero-order valence-corrected chi connectivity index (χ0v) is 15.4. The Hall–Kier alpha value is -1.30. The summed E-state index contributed by atoms with van der Waals surface area (Å²) in [5.41, 5.74) is 0. The van der Waals surface area contributed by atoms with E-state index < -0.39 is 0 Å². The lowest BCUT2D eigenvalue weighted by molar-refractivity contribution is -0.124. The van der Waals surface area contributed by atoms with Gasteiger partial charge in [0.15, 0.2) is 0 Å². The summed E-state index contributed by atoms with van der Waals surface area (Å²) in [5.74, 6) is 1.04. The van der Waals surface area contributed by atoms with Gasteiger partial charge in [-0.15, -0.1) is 0 Å². The van der Waals surface area contributed by atoms with Crippen molar-refractivity contribution in [3.05, 3.63) is 29.3 Å². The molecule has 1 aromatic rings. The molecular weight excluding hydrogens is 338 g/mol. The monoisotopic (exact) mass is 365 g/mol. The standard InChI is InChI=1S/C19H28ClN3O2/c20-15-4-6-17(7-5-15)25-14-13-23-11-8-16(9-12-23)22-19(24)18-3-1-2-10-21-18/h4-7,16,18,21H,1-3,8-14H2,(H,22,24)/t18-/m1/s1. The van der Waals surface area contributed by atoms with Gasteiger partial charge in [-0.1, -0.05) is 18.0 Å². The molecule has 2 saturated heterocycles. The predicted octanol–water partition coefficient (Wildman–Crippen LogP) is 2.44. The number of hydrogen-bond donors (Lipinski definition) is 2. The zero-order chi connectivity index (χ0) is 17.5. The van der Waals surface area contributed by atoms with E-state index in [0.717, 1.165) is 62.6 Å². The lowest BCUT2D eigenvalue weighted by Gasteiger charge is -2.33. The van der Waals surface area contributed by atoms with Crippen LogP contribution in [0.3, 0.4) is 0 Å². The van der Waals surface area contributed by atoms with Gasteiger partial charge in [-0.3, -0.25) is 9.69 Å². The SMILES string of the molecule is O=C(NC1CCN(CCOc2ccc(Cl)cc2)CC1)[C@H]1CCCCN1. The lowest BCUT2D eigenvalue weighted by Crippen LogP contribution is -2.52. The molecule has 6 heteroatoms. The third-order valence-corrected chi connectivity index (χ3v) is 5.30. The van der Waals surface area contributed by atoms with Crippen LogP contribution in [0.1, 0.15) is 32.1 Å². The first-order valence-corrected chi connectivity index (χ1v) is 9.73. The number of hydrogen-bond acceptors (Lipinski definition) is 4. The topological polar surface area (TPSA) is 53.6 Å². The van der Waals surface area contributed by atoms with Gasteiger partial charge >= 0.3 is 0 Å². The van der Waals surface area contributed by atoms with Gasteiger partial charge in [0.2, 0.25) is 5.91 Å². The van der Waals surface area contributed by atoms with E-state index in [-0.39, 0.29) is 11.9 Å². The molecule has 1 atom stereocenters. The number of ether oxygens (including phenoxy) is 1. The molecule has 0 aromatic heterocycles. The van der Waals surface area contributed by atoms with Crippen LogP contribution in [-0.2, 0) is 4.79 Å². The van der Waals surface area contributed by atoms with Crippen molar-refractivity contribution in [1.29, 1.82) is 0 Å². The maximum absolute atomic E-state index is 12.3. The van der Waals surface area contributed by atoms with Gasteiger partial charge in [-0.05, 0) is 56.5 Å². The number of nitrogens with one attached hydrogen (secondary N) is 2. The number of likely N-dealkylation sites (tertiary alicyclic amines) is 1. The minimum absolute atomic E-state index is 0.0135. The highest BCUT2D eigenvalue weighted by molar-refractivity contribution is 6.30. The van der Waals surface area contributed by atoms with Gasteiger partial charge in [-0.25, -0.2) is 0 Å². The molecule has 1 aromatic carbocycles. The largest absolute Gasteiger partial charge is 0.492 e. The van der Waals surface area contributed by atoms with Crippen LogP contribution in [0.4, 0.5) is 0 Å². The summed E-state index contributed by atoms with van der Waals surface area (Å²) in [6.45, 7) is 4.56. The van der Waals surface area contributed by atoms with Crippen LogP contribution in [0.25, 0.3) is 0 Å². The summed E-state index contributed by atoms with van der Waals surface area (Å²) in [4.78, 5) is 14.7. The van der Waals surface area contributed by atoms with Crippen molar-refractivity contribution in [2.24, 2.45) is 0 Å². The third kappa shape index (κ3) is 5.87. The number of rotatable bonds is 6. The Bertz CT molecular complexity index is 538. The minimum Gasteiger partial charge on any atom is -0.492 e. The highest BCUT2D eigenvalue weighted by atomic mass is 35.5. The Labute approximate surface area is 155 Å². The summed E-state index contributed by atoms with van der Waals surface area (Å²) in [6.07, 6.45) is 5.32. The Morgan fingerprint density at radius 1 is 1.20 bits per heavy atom. The van der Waals surface area contributed by atoms with Gasteiger partial charge in [0, 0.05) is 30.7 Å². The van der Waals surface area contributed by atoms with Crippen LogP contribution in [-0.4, -0.2) is 55.7 Å². The van der Waals surface area contributed by atoms with E-state index in [9.17, 15) is 4.79 Å². The summed E-state index contributed by atoms with van der Waals surface area (Å²) in [6, 6.07) is 7.79. The van der Waals surface area contributed by atoms with Gasteiger partial charge in [0.25, 0.3) is 0 Å². The molecule has 0 radical (unpaired) electrons. The fourth-order valence-electron chi connectivity index (χ4n) is 3.50. The smallest absolute Gasteiger partial charge is 0.237 e. The molecule has 25 heavy (non-hydrogen) atoms. The molecule has 0 aliphatic carbocycles. The molecule has 0 spiro atoms. The van der Waals surface area contributed by atoms with Crippen molar-refractivity contribution >= 4 is 17.5 Å². The van der Waals surface area contributed by atoms with Crippen LogP contribution in [0.2, 0.25) is 5.02 Å². The number of carbonyl (C=O) groups is 1. The highest BCUT2D eigenvalue weighted by Crippen LogP contribution is 2.16. The molecule has 0 bridgehead atoms.